The number of aliphatic hydroxyl groups is 1. The summed E-state index contributed by atoms with van der Waals surface area (Å²) in [5.74, 6) is 0.247. The molecule has 1 aliphatic rings. The second-order valence-electron chi connectivity index (χ2n) is 9.50. The minimum Gasteiger partial charge on any atom is -0.507 e. The Labute approximate surface area is 234 Å². The molecule has 4 rings (SSSR count). The van der Waals surface area contributed by atoms with Crippen LogP contribution < -0.4 is 18.9 Å². The molecule has 0 bridgehead atoms. The number of para-hydroxylation sites is 1. The highest BCUT2D eigenvalue weighted by Crippen LogP contribution is 2.43. The van der Waals surface area contributed by atoms with Crippen molar-refractivity contribution in [1.29, 1.82) is 0 Å². The zero-order valence-electron chi connectivity index (χ0n) is 23.5. The summed E-state index contributed by atoms with van der Waals surface area (Å²) in [6, 6.07) is 18.6. The Kier molecular flexibility index (Phi) is 8.99. The van der Waals surface area contributed by atoms with Gasteiger partial charge in [0.15, 0.2) is 0 Å². The van der Waals surface area contributed by atoms with E-state index < -0.39 is 17.7 Å². The van der Waals surface area contributed by atoms with Crippen LogP contribution in [-0.2, 0) is 16.1 Å². The van der Waals surface area contributed by atoms with Crippen LogP contribution in [0, 0.1) is 0 Å². The van der Waals surface area contributed by atoms with Crippen LogP contribution in [-0.4, -0.2) is 48.1 Å². The molecule has 1 heterocycles. The van der Waals surface area contributed by atoms with Crippen molar-refractivity contribution in [2.45, 2.75) is 46.4 Å². The lowest BCUT2D eigenvalue weighted by Crippen LogP contribution is -2.29. The number of carbonyl (C=O) groups excluding carboxylic acids is 2. The Balaban J connectivity index is 1.90. The lowest BCUT2D eigenvalue weighted by molar-refractivity contribution is -0.140. The van der Waals surface area contributed by atoms with E-state index in [1.54, 1.807) is 43.5 Å². The number of likely N-dealkylation sites (tertiary alicyclic amines) is 1. The molecule has 1 atom stereocenters. The van der Waals surface area contributed by atoms with Gasteiger partial charge in [0.2, 0.25) is 0 Å². The van der Waals surface area contributed by atoms with Gasteiger partial charge in [0.25, 0.3) is 11.7 Å². The molecule has 1 fully saturated rings. The lowest BCUT2D eigenvalue weighted by Gasteiger charge is -2.26. The van der Waals surface area contributed by atoms with Crippen molar-refractivity contribution in [3.05, 3.63) is 89.0 Å². The van der Waals surface area contributed by atoms with Gasteiger partial charge in [-0.3, -0.25) is 9.59 Å². The van der Waals surface area contributed by atoms with Crippen molar-refractivity contribution < 1.29 is 33.6 Å². The molecule has 210 valence electrons. The first-order valence-electron chi connectivity index (χ1n) is 13.4. The Hall–Kier alpha value is -4.46. The summed E-state index contributed by atoms with van der Waals surface area (Å²) >= 11 is 0. The molecule has 8 nitrogen and oxygen atoms in total. The number of carbonyl (C=O) groups is 2. The molecule has 40 heavy (non-hydrogen) atoms. The van der Waals surface area contributed by atoms with Gasteiger partial charge in [-0.2, -0.15) is 0 Å². The van der Waals surface area contributed by atoms with Crippen LogP contribution >= 0.6 is 0 Å². The highest BCUT2D eigenvalue weighted by Gasteiger charge is 2.46. The number of ether oxygens (including phenoxy) is 4. The molecule has 1 saturated heterocycles. The van der Waals surface area contributed by atoms with Crippen LogP contribution in [0.5, 0.6) is 23.0 Å². The first kappa shape index (κ1) is 28.5. The van der Waals surface area contributed by atoms with E-state index in [2.05, 4.69) is 0 Å². The van der Waals surface area contributed by atoms with Crippen molar-refractivity contribution in [1.82, 2.24) is 4.90 Å². The maximum atomic E-state index is 13.6. The van der Waals surface area contributed by atoms with E-state index in [9.17, 15) is 14.7 Å². The van der Waals surface area contributed by atoms with Crippen LogP contribution in [0.25, 0.3) is 5.76 Å². The van der Waals surface area contributed by atoms with Crippen LogP contribution in [0.3, 0.4) is 0 Å². The lowest BCUT2D eigenvalue weighted by atomic mass is 9.94. The van der Waals surface area contributed by atoms with Crippen LogP contribution in [0.15, 0.2) is 72.3 Å². The summed E-state index contributed by atoms with van der Waals surface area (Å²) in [4.78, 5) is 28.6. The van der Waals surface area contributed by atoms with Gasteiger partial charge in [-0.25, -0.2) is 0 Å². The molecule has 0 radical (unpaired) electrons. The molecular weight excluding hydrogens is 510 g/mol. The third-order valence-corrected chi connectivity index (χ3v) is 6.44. The molecule has 1 amide bonds. The molecule has 1 unspecified atom stereocenters. The molecule has 3 aromatic carbocycles. The SMILES string of the molecule is CCOc1ccc(/C(O)=C2\C(=O)C(=O)N(Cc3ccccc3OC)C2c2cccc(OC(C)C)c2)c(OCC)c1. The number of benzene rings is 3. The number of Topliss-reactive ketones (excluding diaryl/α,β-unsaturated/α-hetero) is 1. The maximum Gasteiger partial charge on any atom is 0.295 e. The number of hydrogen-bond donors (Lipinski definition) is 1. The largest absolute Gasteiger partial charge is 0.507 e. The maximum absolute atomic E-state index is 13.6. The number of hydrogen-bond acceptors (Lipinski definition) is 7. The number of methoxy groups -OCH3 is 1. The van der Waals surface area contributed by atoms with Crippen molar-refractivity contribution in [2.75, 3.05) is 20.3 Å². The van der Waals surface area contributed by atoms with Gasteiger partial charge in [-0.15, -0.1) is 0 Å². The summed E-state index contributed by atoms with van der Waals surface area (Å²) < 4.78 is 22.8. The molecule has 8 heteroatoms. The standard InChI is InChI=1S/C32H35NO7/c1-6-38-23-15-16-25(27(18-23)39-7-2)30(34)28-29(21-12-10-13-24(17-21)40-20(3)4)33(32(36)31(28)35)19-22-11-8-9-14-26(22)37-5/h8-18,20,29,34H,6-7,19H2,1-5H3/b30-28+. The quantitative estimate of drug-likeness (QED) is 0.182. The van der Waals surface area contributed by atoms with Crippen LogP contribution in [0.1, 0.15) is 50.4 Å². The zero-order valence-corrected chi connectivity index (χ0v) is 23.5. The van der Waals surface area contributed by atoms with Crippen LogP contribution in [0.2, 0.25) is 0 Å². The third kappa shape index (κ3) is 5.91. The van der Waals surface area contributed by atoms with Gasteiger partial charge in [0, 0.05) is 11.6 Å². The summed E-state index contributed by atoms with van der Waals surface area (Å²) in [5, 5.41) is 11.7. The number of aliphatic hydroxyl groups excluding tert-OH is 1. The fourth-order valence-electron chi connectivity index (χ4n) is 4.81. The molecule has 1 N–H and O–H groups in total. The summed E-state index contributed by atoms with van der Waals surface area (Å²) in [6.07, 6.45) is -0.0761. The average Bonchev–Trinajstić information content (AvgIpc) is 3.18. The second kappa shape index (κ2) is 12.6. The summed E-state index contributed by atoms with van der Waals surface area (Å²) in [7, 11) is 1.55. The minimum absolute atomic E-state index is 0.0355. The Bertz CT molecular complexity index is 1410. The molecule has 3 aromatic rings. The van der Waals surface area contributed by atoms with Crippen LogP contribution in [0.4, 0.5) is 0 Å². The Morgan fingerprint density at radius 1 is 0.900 bits per heavy atom. The van der Waals surface area contributed by atoms with E-state index in [0.29, 0.717) is 47.3 Å². The molecule has 0 aliphatic carbocycles. The van der Waals surface area contributed by atoms with Crippen molar-refractivity contribution in [3.8, 4) is 23.0 Å². The van der Waals surface area contributed by atoms with Gasteiger partial charge in [-0.1, -0.05) is 30.3 Å². The predicted molar refractivity (Wildman–Crippen MR) is 152 cm³/mol. The van der Waals surface area contributed by atoms with E-state index in [1.807, 2.05) is 58.0 Å². The van der Waals surface area contributed by atoms with Gasteiger partial charge < -0.3 is 29.0 Å². The molecule has 0 aromatic heterocycles. The van der Waals surface area contributed by atoms with Crippen molar-refractivity contribution in [2.24, 2.45) is 0 Å². The normalized spacial score (nSPS) is 16.4. The monoisotopic (exact) mass is 545 g/mol. The number of ketones is 1. The third-order valence-electron chi connectivity index (χ3n) is 6.44. The average molecular weight is 546 g/mol. The van der Waals surface area contributed by atoms with Crippen molar-refractivity contribution in [3.63, 3.8) is 0 Å². The number of rotatable bonds is 11. The Morgan fingerprint density at radius 2 is 1.65 bits per heavy atom. The van der Waals surface area contributed by atoms with E-state index in [4.69, 9.17) is 18.9 Å². The smallest absolute Gasteiger partial charge is 0.295 e. The zero-order chi connectivity index (χ0) is 28.8. The van der Waals surface area contributed by atoms with Gasteiger partial charge in [-0.05, 0) is 63.6 Å². The number of amides is 1. The molecular formula is C32H35NO7. The fourth-order valence-corrected chi connectivity index (χ4v) is 4.81. The predicted octanol–water partition coefficient (Wildman–Crippen LogP) is 5.90. The van der Waals surface area contributed by atoms with E-state index in [1.165, 1.54) is 4.90 Å². The van der Waals surface area contributed by atoms with Gasteiger partial charge in [0.05, 0.1) is 50.2 Å². The fraction of sp³-hybridized carbons (Fsp3) is 0.312. The molecule has 1 aliphatic heterocycles. The van der Waals surface area contributed by atoms with E-state index in [0.717, 1.165) is 5.56 Å². The van der Waals surface area contributed by atoms with Gasteiger partial charge >= 0.3 is 0 Å². The van der Waals surface area contributed by atoms with Crippen molar-refractivity contribution >= 4 is 17.4 Å². The highest BCUT2D eigenvalue weighted by molar-refractivity contribution is 6.46. The van der Waals surface area contributed by atoms with E-state index in [-0.39, 0.29) is 24.0 Å². The summed E-state index contributed by atoms with van der Waals surface area (Å²) in [6.45, 7) is 8.41. The van der Waals surface area contributed by atoms with E-state index >= 15 is 0 Å². The topological polar surface area (TPSA) is 94.5 Å². The molecule has 0 saturated carbocycles. The molecule has 0 spiro atoms. The number of nitrogens with zero attached hydrogens (tertiary/aromatic N) is 1. The highest BCUT2D eigenvalue weighted by atomic mass is 16.5. The first-order valence-corrected chi connectivity index (χ1v) is 13.4. The first-order chi connectivity index (χ1) is 19.3. The Morgan fingerprint density at radius 3 is 2.35 bits per heavy atom. The minimum atomic E-state index is -0.887. The van der Waals surface area contributed by atoms with Gasteiger partial charge in [0.1, 0.15) is 28.8 Å². The second-order valence-corrected chi connectivity index (χ2v) is 9.50. The summed E-state index contributed by atoms with van der Waals surface area (Å²) in [5.41, 5.74) is 1.60.